The normalized spacial score (nSPS) is 23.8. The molecule has 2 fully saturated rings. The van der Waals surface area contributed by atoms with Crippen LogP contribution in [0.25, 0.3) is 22.1 Å². The van der Waals surface area contributed by atoms with E-state index in [1.807, 2.05) is 0 Å². The van der Waals surface area contributed by atoms with Gasteiger partial charge in [-0.25, -0.2) is 32.9 Å². The highest BCUT2D eigenvalue weighted by molar-refractivity contribution is 6.06. The average Bonchev–Trinajstić information content (AvgIpc) is 3.60. The second-order valence-corrected chi connectivity index (χ2v) is 11.2. The Balaban J connectivity index is 1.37. The number of halogens is 3. The number of piperidine rings is 1. The molecule has 2 saturated heterocycles. The Hall–Kier alpha value is -4.86. The second kappa shape index (κ2) is 11.0. The van der Waals surface area contributed by atoms with Crippen molar-refractivity contribution < 1.29 is 37.0 Å². The number of rotatable bonds is 6. The van der Waals surface area contributed by atoms with Crippen LogP contribution in [0.4, 0.5) is 19.0 Å². The number of carboxylic acid groups (broad SMARTS) is 1. The van der Waals surface area contributed by atoms with Crippen LogP contribution in [-0.4, -0.2) is 68.6 Å². The topological polar surface area (TPSA) is 122 Å². The first-order chi connectivity index (χ1) is 21.0. The lowest BCUT2D eigenvalue weighted by Crippen LogP contribution is -2.48. The van der Waals surface area contributed by atoms with E-state index in [9.17, 15) is 23.5 Å². The summed E-state index contributed by atoms with van der Waals surface area (Å²) in [5.41, 5.74) is -0.929. The SMILES string of the molecule is C#Cc1cnc(O[C@H]2C[C@@H](C(=O)O)N(c3nc(C(F)F)nc4c3oc3ccccc34)C2)c([C@@]2(F)CCN(C(C)=O)C[C@@H]2C)c1. The molecule has 4 aromatic rings. The van der Waals surface area contributed by atoms with Crippen LogP contribution in [0.2, 0.25) is 0 Å². The van der Waals surface area contributed by atoms with Gasteiger partial charge in [-0.15, -0.1) is 6.42 Å². The highest BCUT2D eigenvalue weighted by Crippen LogP contribution is 2.45. The van der Waals surface area contributed by atoms with Crippen LogP contribution in [-0.2, 0) is 15.3 Å². The Labute approximate surface area is 249 Å². The van der Waals surface area contributed by atoms with Crippen molar-refractivity contribution in [2.45, 2.75) is 50.9 Å². The molecule has 2 aliphatic heterocycles. The first-order valence-corrected chi connectivity index (χ1v) is 14.0. The Bertz CT molecular complexity index is 1820. The third-order valence-electron chi connectivity index (χ3n) is 8.44. The van der Waals surface area contributed by atoms with Crippen molar-refractivity contribution in [1.82, 2.24) is 19.9 Å². The molecule has 0 aliphatic carbocycles. The van der Waals surface area contributed by atoms with Crippen LogP contribution in [0.5, 0.6) is 5.88 Å². The minimum Gasteiger partial charge on any atom is -0.480 e. The largest absolute Gasteiger partial charge is 0.480 e. The Morgan fingerprint density at radius 1 is 1.25 bits per heavy atom. The van der Waals surface area contributed by atoms with E-state index < -0.39 is 42.0 Å². The van der Waals surface area contributed by atoms with Gasteiger partial charge in [-0.05, 0) is 18.2 Å². The van der Waals surface area contributed by atoms with Gasteiger partial charge in [0.2, 0.25) is 11.8 Å². The number of fused-ring (bicyclic) bond motifs is 3. The Morgan fingerprint density at radius 3 is 2.70 bits per heavy atom. The van der Waals surface area contributed by atoms with E-state index in [0.29, 0.717) is 16.5 Å². The van der Waals surface area contributed by atoms with Gasteiger partial charge in [0, 0.05) is 55.9 Å². The summed E-state index contributed by atoms with van der Waals surface area (Å²) in [5.74, 6) is -0.500. The number of terminal acetylenes is 1. The number of furan rings is 1. The summed E-state index contributed by atoms with van der Waals surface area (Å²) in [5, 5.41) is 10.6. The van der Waals surface area contributed by atoms with Gasteiger partial charge in [0.15, 0.2) is 17.2 Å². The van der Waals surface area contributed by atoms with Gasteiger partial charge >= 0.3 is 5.97 Å². The van der Waals surface area contributed by atoms with Gasteiger partial charge in [0.1, 0.15) is 28.9 Å². The van der Waals surface area contributed by atoms with E-state index in [2.05, 4.69) is 20.9 Å². The molecule has 228 valence electrons. The van der Waals surface area contributed by atoms with E-state index in [4.69, 9.17) is 15.6 Å². The number of para-hydroxylation sites is 1. The Morgan fingerprint density at radius 2 is 2.02 bits per heavy atom. The maximum absolute atomic E-state index is 16.8. The number of alkyl halides is 3. The first-order valence-electron chi connectivity index (χ1n) is 14.0. The number of ether oxygens (including phenoxy) is 1. The molecule has 10 nitrogen and oxygen atoms in total. The molecule has 0 bridgehead atoms. The van der Waals surface area contributed by atoms with Crippen LogP contribution in [0.1, 0.15) is 50.1 Å². The molecule has 1 aromatic carbocycles. The number of hydrogen-bond donors (Lipinski definition) is 1. The molecule has 2 aliphatic rings. The molecule has 5 heterocycles. The third kappa shape index (κ3) is 4.94. The van der Waals surface area contributed by atoms with Gasteiger partial charge in [0.25, 0.3) is 6.43 Å². The van der Waals surface area contributed by atoms with Crippen molar-refractivity contribution in [2.24, 2.45) is 5.92 Å². The van der Waals surface area contributed by atoms with Crippen molar-refractivity contribution >= 4 is 39.8 Å². The quantitative estimate of drug-likeness (QED) is 0.307. The molecule has 44 heavy (non-hydrogen) atoms. The number of aliphatic carboxylic acids is 1. The number of pyridine rings is 1. The molecule has 13 heteroatoms. The highest BCUT2D eigenvalue weighted by atomic mass is 19.3. The second-order valence-electron chi connectivity index (χ2n) is 11.2. The maximum Gasteiger partial charge on any atom is 0.326 e. The lowest BCUT2D eigenvalue weighted by atomic mass is 9.78. The molecule has 1 N–H and O–H groups in total. The molecule has 0 radical (unpaired) electrons. The van der Waals surface area contributed by atoms with Crippen molar-refractivity contribution in [2.75, 3.05) is 24.5 Å². The molecule has 0 saturated carbocycles. The van der Waals surface area contributed by atoms with Crippen LogP contribution in [0, 0.1) is 18.3 Å². The summed E-state index contributed by atoms with van der Waals surface area (Å²) < 4.78 is 56.8. The van der Waals surface area contributed by atoms with Crippen molar-refractivity contribution in [3.63, 3.8) is 0 Å². The van der Waals surface area contributed by atoms with Crippen LogP contribution < -0.4 is 9.64 Å². The molecule has 6 rings (SSSR count). The minimum atomic E-state index is -3.02. The number of carbonyl (C=O) groups excluding carboxylic acids is 1. The molecule has 4 atom stereocenters. The average molecular weight is 608 g/mol. The zero-order valence-corrected chi connectivity index (χ0v) is 23.8. The number of hydrogen-bond acceptors (Lipinski definition) is 8. The zero-order chi connectivity index (χ0) is 31.3. The Kier molecular flexibility index (Phi) is 7.31. The van der Waals surface area contributed by atoms with E-state index in [0.717, 1.165) is 0 Å². The predicted octanol–water partition coefficient (Wildman–Crippen LogP) is 4.85. The number of nitrogens with zero attached hydrogens (tertiary/aromatic N) is 5. The van der Waals surface area contributed by atoms with Gasteiger partial charge in [-0.2, -0.15) is 0 Å². The summed E-state index contributed by atoms with van der Waals surface area (Å²) >= 11 is 0. The van der Waals surface area contributed by atoms with Crippen LogP contribution in [0.3, 0.4) is 0 Å². The fraction of sp³-hybridized carbons (Fsp3) is 0.387. The van der Waals surface area contributed by atoms with E-state index >= 15 is 4.39 Å². The minimum absolute atomic E-state index is 0.0181. The van der Waals surface area contributed by atoms with E-state index in [-0.39, 0.29) is 66.7 Å². The predicted molar refractivity (Wildman–Crippen MR) is 153 cm³/mol. The number of likely N-dealkylation sites (tertiary alicyclic amines) is 1. The molecule has 0 unspecified atom stereocenters. The summed E-state index contributed by atoms with van der Waals surface area (Å²) in [6.45, 7) is 3.37. The monoisotopic (exact) mass is 607 g/mol. The number of aromatic nitrogens is 3. The number of carboxylic acids is 1. The summed E-state index contributed by atoms with van der Waals surface area (Å²) in [6, 6.07) is 6.99. The molecular weight excluding hydrogens is 579 g/mol. The number of carbonyl (C=O) groups is 2. The fourth-order valence-corrected chi connectivity index (χ4v) is 6.11. The first kappa shape index (κ1) is 29.2. The van der Waals surface area contributed by atoms with E-state index in [1.54, 1.807) is 36.1 Å². The van der Waals surface area contributed by atoms with Crippen molar-refractivity contribution in [3.05, 3.63) is 53.5 Å². The van der Waals surface area contributed by atoms with Gasteiger partial charge < -0.3 is 24.1 Å². The fourth-order valence-electron chi connectivity index (χ4n) is 6.11. The van der Waals surface area contributed by atoms with Gasteiger partial charge in [0.05, 0.1) is 12.1 Å². The van der Waals surface area contributed by atoms with Gasteiger partial charge in [-0.3, -0.25) is 4.79 Å². The lowest BCUT2D eigenvalue weighted by Gasteiger charge is -2.41. The lowest BCUT2D eigenvalue weighted by molar-refractivity contribution is -0.138. The standard InChI is InChI=1S/C31H28F3N5O5/c1-4-18-11-21(31(34)9-10-38(17(3)40)14-16(31)2)29(35-13-18)43-19-12-22(30(41)42)39(15-19)28-25-24(36-27(37-28)26(32)33)20-7-5-6-8-23(20)44-25/h1,5-8,11,13,16,19,22,26H,9-10,12,14-15H2,2-3H3,(H,41,42)/t16-,19-,22-,31+/m0/s1. The molecule has 1 amide bonds. The number of anilines is 1. The van der Waals surface area contributed by atoms with Crippen LogP contribution in [0.15, 0.2) is 40.9 Å². The third-order valence-corrected chi connectivity index (χ3v) is 8.44. The summed E-state index contributed by atoms with van der Waals surface area (Å²) in [7, 11) is 0. The van der Waals surface area contributed by atoms with Crippen LogP contribution >= 0.6 is 0 Å². The van der Waals surface area contributed by atoms with Crippen molar-refractivity contribution in [1.29, 1.82) is 0 Å². The maximum atomic E-state index is 16.8. The van der Waals surface area contributed by atoms with Crippen molar-refractivity contribution in [3.8, 4) is 18.2 Å². The van der Waals surface area contributed by atoms with E-state index in [1.165, 1.54) is 24.1 Å². The molecule has 3 aromatic heterocycles. The molecule has 0 spiro atoms. The smallest absolute Gasteiger partial charge is 0.326 e. The number of benzene rings is 1. The summed E-state index contributed by atoms with van der Waals surface area (Å²) in [6.07, 6.45) is 2.97. The summed E-state index contributed by atoms with van der Waals surface area (Å²) in [4.78, 5) is 39.6. The highest BCUT2D eigenvalue weighted by Gasteiger charge is 2.47. The molecular formula is C31H28F3N5O5. The zero-order valence-electron chi connectivity index (χ0n) is 23.8. The van der Waals surface area contributed by atoms with Gasteiger partial charge in [-0.1, -0.05) is 25.0 Å². The number of amides is 1.